The average molecular weight is 668 g/mol. The summed E-state index contributed by atoms with van der Waals surface area (Å²) >= 11 is 0. The Morgan fingerprint density at radius 3 is 1.70 bits per heavy atom. The molecule has 0 aromatic heterocycles. The number of nitrogens with one attached hydrogen (secondary N) is 1. The molecular weight excluding hydrogens is 637 g/mol. The summed E-state index contributed by atoms with van der Waals surface area (Å²) in [4.78, 5) is 24.7. The predicted molar refractivity (Wildman–Crippen MR) is 128 cm³/mol. The van der Waals surface area contributed by atoms with Crippen LogP contribution in [0.2, 0.25) is 0 Å². The van der Waals surface area contributed by atoms with E-state index in [0.29, 0.717) is 5.56 Å². The van der Waals surface area contributed by atoms with Gasteiger partial charge in [0.1, 0.15) is 11.6 Å². The van der Waals surface area contributed by atoms with Crippen LogP contribution in [0.1, 0.15) is 58.4 Å². The van der Waals surface area contributed by atoms with Crippen molar-refractivity contribution in [1.82, 2.24) is 5.32 Å². The van der Waals surface area contributed by atoms with E-state index in [2.05, 4.69) is 5.32 Å². The molecule has 0 fully saturated rings. The Bertz CT molecular complexity index is 1090. The van der Waals surface area contributed by atoms with Crippen LogP contribution in [0.15, 0.2) is 30.3 Å². The van der Waals surface area contributed by atoms with Crippen molar-refractivity contribution in [2.75, 3.05) is 6.61 Å². The van der Waals surface area contributed by atoms with Crippen molar-refractivity contribution >= 4 is 12.1 Å². The van der Waals surface area contributed by atoms with Gasteiger partial charge in [-0.3, -0.25) is 0 Å². The maximum absolute atomic E-state index is 13.9. The van der Waals surface area contributed by atoms with E-state index in [1.54, 1.807) is 51.1 Å². The molecule has 0 aliphatic carbocycles. The van der Waals surface area contributed by atoms with Gasteiger partial charge in [-0.25, -0.2) is 9.59 Å². The molecule has 1 N–H and O–H groups in total. The molecule has 0 unspecified atom stereocenters. The maximum Gasteiger partial charge on any atom is 0.460 e. The van der Waals surface area contributed by atoms with Crippen LogP contribution in [0.25, 0.3) is 0 Å². The van der Waals surface area contributed by atoms with Crippen molar-refractivity contribution in [3.8, 4) is 0 Å². The van der Waals surface area contributed by atoms with Gasteiger partial charge >= 0.3 is 47.9 Å². The monoisotopic (exact) mass is 667 g/mol. The SMILES string of the molecule is CC(C)(C)OC(=O)N[C@@H](Cc1ccccc1)C(=O)OCCCCCCC(F)(F)C(F)(F)C(F)(F)C(F)(F)C(F)(F)C(F)(F)F. The number of carbonyl (C=O) groups is 2. The van der Waals surface area contributed by atoms with Gasteiger partial charge in [0, 0.05) is 12.8 Å². The zero-order valence-electron chi connectivity index (χ0n) is 23.5. The first kappa shape index (κ1) is 39.1. The Labute approximate surface area is 243 Å². The summed E-state index contributed by atoms with van der Waals surface area (Å²) in [6, 6.07) is 7.08. The third-order valence-corrected chi connectivity index (χ3v) is 5.89. The Morgan fingerprint density at radius 1 is 0.705 bits per heavy atom. The van der Waals surface area contributed by atoms with E-state index < -0.39 is 85.4 Å². The number of carbonyl (C=O) groups excluding carboxylic acids is 2. The largest absolute Gasteiger partial charge is 0.464 e. The van der Waals surface area contributed by atoms with E-state index >= 15 is 0 Å². The quantitative estimate of drug-likeness (QED) is 0.116. The van der Waals surface area contributed by atoms with Crippen molar-refractivity contribution in [1.29, 1.82) is 0 Å². The van der Waals surface area contributed by atoms with Crippen LogP contribution in [-0.2, 0) is 20.7 Å². The first-order valence-corrected chi connectivity index (χ1v) is 12.9. The summed E-state index contributed by atoms with van der Waals surface area (Å²) in [7, 11) is 0. The second kappa shape index (κ2) is 14.0. The highest BCUT2D eigenvalue weighted by atomic mass is 19.4. The van der Waals surface area contributed by atoms with Crippen LogP contribution in [0.5, 0.6) is 0 Å². The van der Waals surface area contributed by atoms with Gasteiger partial charge in [0.15, 0.2) is 0 Å². The summed E-state index contributed by atoms with van der Waals surface area (Å²) in [6.45, 7) is 4.31. The van der Waals surface area contributed by atoms with E-state index in [9.17, 15) is 66.7 Å². The predicted octanol–water partition coefficient (Wildman–Crippen LogP) is 8.35. The summed E-state index contributed by atoms with van der Waals surface area (Å²) in [5.41, 5.74) is -0.287. The van der Waals surface area contributed by atoms with Crippen LogP contribution in [0, 0.1) is 0 Å². The van der Waals surface area contributed by atoms with Gasteiger partial charge in [-0.05, 0) is 39.2 Å². The molecule has 18 heteroatoms. The molecule has 0 spiro atoms. The summed E-state index contributed by atoms with van der Waals surface area (Å²) in [5, 5.41) is 2.34. The van der Waals surface area contributed by atoms with Gasteiger partial charge in [-0.2, -0.15) is 57.1 Å². The second-order valence-electron chi connectivity index (χ2n) is 10.7. The Kier molecular flexibility index (Phi) is 12.4. The van der Waals surface area contributed by atoms with Gasteiger partial charge in [0.05, 0.1) is 6.61 Å². The molecule has 0 bridgehead atoms. The molecule has 0 heterocycles. The normalized spacial score (nSPS) is 14.6. The number of amides is 1. The van der Waals surface area contributed by atoms with Gasteiger partial charge in [-0.1, -0.05) is 43.2 Å². The van der Waals surface area contributed by atoms with Crippen LogP contribution in [-0.4, -0.2) is 66.1 Å². The number of alkyl halides is 13. The molecule has 1 rings (SSSR count). The lowest BCUT2D eigenvalue weighted by molar-refractivity contribution is -0.440. The standard InChI is InChI=1S/C26H30F13NO4/c1-20(2,3)44-19(42)40-17(15-16-11-7-6-8-12-16)18(41)43-14-10-5-4-9-13-21(27,28)22(29,30)23(31,32)24(33,34)25(35,36)26(37,38)39/h6-8,11-12,17H,4-5,9-10,13-15H2,1-3H3,(H,40,42)/t17-/m0/s1. The number of halogens is 13. The Morgan fingerprint density at radius 2 is 1.20 bits per heavy atom. The van der Waals surface area contributed by atoms with Crippen LogP contribution >= 0.6 is 0 Å². The maximum atomic E-state index is 13.9. The minimum absolute atomic E-state index is 0.0270. The highest BCUT2D eigenvalue weighted by Gasteiger charge is 2.90. The lowest BCUT2D eigenvalue weighted by Gasteiger charge is -2.39. The molecule has 1 aromatic rings. The molecule has 1 aromatic carbocycles. The van der Waals surface area contributed by atoms with Crippen LogP contribution < -0.4 is 5.32 Å². The third kappa shape index (κ3) is 9.28. The number of benzene rings is 1. The molecule has 0 saturated carbocycles. The Hall–Kier alpha value is -2.95. The molecular formula is C26H30F13NO4. The van der Waals surface area contributed by atoms with Crippen molar-refractivity contribution in [3.05, 3.63) is 35.9 Å². The highest BCUT2D eigenvalue weighted by Crippen LogP contribution is 2.60. The van der Waals surface area contributed by atoms with Crippen molar-refractivity contribution in [3.63, 3.8) is 0 Å². The van der Waals surface area contributed by atoms with E-state index in [1.165, 1.54) is 0 Å². The third-order valence-electron chi connectivity index (χ3n) is 5.89. The topological polar surface area (TPSA) is 64.6 Å². The molecule has 0 radical (unpaired) electrons. The second-order valence-corrected chi connectivity index (χ2v) is 10.7. The minimum atomic E-state index is -7.92. The number of rotatable bonds is 15. The lowest BCUT2D eigenvalue weighted by atomic mass is 9.91. The average Bonchev–Trinajstić information content (AvgIpc) is 2.85. The zero-order valence-corrected chi connectivity index (χ0v) is 23.5. The molecule has 1 amide bonds. The molecule has 1 atom stereocenters. The summed E-state index contributed by atoms with van der Waals surface area (Å²) in [6.07, 6.45) is -12.6. The fourth-order valence-corrected chi connectivity index (χ4v) is 3.53. The first-order chi connectivity index (χ1) is 19.7. The van der Waals surface area contributed by atoms with Gasteiger partial charge in [0.25, 0.3) is 0 Å². The molecule has 254 valence electrons. The molecule has 5 nitrogen and oxygen atoms in total. The highest BCUT2D eigenvalue weighted by molar-refractivity contribution is 5.81. The Balaban J connectivity index is 2.72. The van der Waals surface area contributed by atoms with Gasteiger partial charge < -0.3 is 14.8 Å². The van der Waals surface area contributed by atoms with E-state index in [0.717, 1.165) is 0 Å². The fraction of sp³-hybridized carbons (Fsp3) is 0.692. The van der Waals surface area contributed by atoms with E-state index in [-0.39, 0.29) is 19.3 Å². The molecule has 0 aliphatic rings. The smallest absolute Gasteiger partial charge is 0.460 e. The number of ether oxygens (including phenoxy) is 2. The van der Waals surface area contributed by atoms with Crippen molar-refractivity contribution in [2.24, 2.45) is 0 Å². The van der Waals surface area contributed by atoms with Crippen molar-refractivity contribution < 1.29 is 76.1 Å². The fourth-order valence-electron chi connectivity index (χ4n) is 3.53. The minimum Gasteiger partial charge on any atom is -0.464 e. The summed E-state index contributed by atoms with van der Waals surface area (Å²) < 4.78 is 181. The molecule has 0 aliphatic heterocycles. The van der Waals surface area contributed by atoms with Crippen molar-refractivity contribution in [2.45, 2.75) is 107 Å². The van der Waals surface area contributed by atoms with Crippen LogP contribution in [0.4, 0.5) is 61.9 Å². The van der Waals surface area contributed by atoms with Crippen LogP contribution in [0.3, 0.4) is 0 Å². The van der Waals surface area contributed by atoms with E-state index in [4.69, 9.17) is 9.47 Å². The van der Waals surface area contributed by atoms with Gasteiger partial charge in [-0.15, -0.1) is 0 Å². The molecule has 44 heavy (non-hydrogen) atoms. The number of hydrogen-bond donors (Lipinski definition) is 1. The zero-order chi connectivity index (χ0) is 34.4. The number of unbranched alkanes of at least 4 members (excludes halogenated alkanes) is 3. The number of alkyl carbamates (subject to hydrolysis) is 1. The van der Waals surface area contributed by atoms with Gasteiger partial charge in [0.2, 0.25) is 0 Å². The first-order valence-electron chi connectivity index (χ1n) is 12.9. The summed E-state index contributed by atoms with van der Waals surface area (Å²) in [5.74, 6) is -37.9. The van der Waals surface area contributed by atoms with E-state index in [1.807, 2.05) is 0 Å². The number of hydrogen-bond acceptors (Lipinski definition) is 4. The molecule has 0 saturated heterocycles. The number of esters is 1. The lowest BCUT2D eigenvalue weighted by Crippen LogP contribution is -2.70.